The number of nitrogens with one attached hydrogen (secondary N) is 1. The highest BCUT2D eigenvalue weighted by molar-refractivity contribution is 9.10. The molecule has 0 heterocycles. The lowest BCUT2D eigenvalue weighted by atomic mass is 10.1. The summed E-state index contributed by atoms with van der Waals surface area (Å²) in [5.74, 6) is -0.107. The molecule has 98 valence electrons. The molecule has 2 aromatic rings. The zero-order valence-corrected chi connectivity index (χ0v) is 12.7. The second kappa shape index (κ2) is 6.22. The highest BCUT2D eigenvalue weighted by atomic mass is 79.9. The average molecular weight is 339 g/mol. The lowest BCUT2D eigenvalue weighted by Crippen LogP contribution is -2.26. The van der Waals surface area contributed by atoms with Crippen molar-refractivity contribution in [2.75, 3.05) is 0 Å². The number of halogens is 2. The molecule has 4 heteroatoms. The summed E-state index contributed by atoms with van der Waals surface area (Å²) >= 11 is 9.22. The Morgan fingerprint density at radius 1 is 1.21 bits per heavy atom. The number of hydrogen-bond acceptors (Lipinski definition) is 1. The van der Waals surface area contributed by atoms with E-state index in [-0.39, 0.29) is 11.9 Å². The van der Waals surface area contributed by atoms with Gasteiger partial charge in [-0.25, -0.2) is 0 Å². The minimum atomic E-state index is -0.107. The Bertz CT molecular complexity index is 583. The Morgan fingerprint density at radius 2 is 1.89 bits per heavy atom. The van der Waals surface area contributed by atoms with E-state index in [0.29, 0.717) is 10.6 Å². The average Bonchev–Trinajstić information content (AvgIpc) is 2.39. The van der Waals surface area contributed by atoms with Crippen molar-refractivity contribution in [2.24, 2.45) is 0 Å². The van der Waals surface area contributed by atoms with Crippen LogP contribution in [0.4, 0.5) is 0 Å². The maximum atomic E-state index is 12.1. The van der Waals surface area contributed by atoms with E-state index < -0.39 is 0 Å². The Kier molecular flexibility index (Phi) is 4.61. The van der Waals surface area contributed by atoms with Crippen molar-refractivity contribution >= 4 is 33.4 Å². The molecule has 0 radical (unpaired) electrons. The summed E-state index contributed by atoms with van der Waals surface area (Å²) in [7, 11) is 0. The summed E-state index contributed by atoms with van der Waals surface area (Å²) < 4.78 is 0.998. The first kappa shape index (κ1) is 14.1. The van der Waals surface area contributed by atoms with Gasteiger partial charge in [-0.2, -0.15) is 0 Å². The largest absolute Gasteiger partial charge is 0.346 e. The zero-order chi connectivity index (χ0) is 13.8. The molecule has 2 rings (SSSR count). The van der Waals surface area contributed by atoms with Gasteiger partial charge in [0.05, 0.1) is 6.04 Å². The van der Waals surface area contributed by atoms with E-state index >= 15 is 0 Å². The fourth-order valence-electron chi connectivity index (χ4n) is 1.74. The van der Waals surface area contributed by atoms with Crippen molar-refractivity contribution in [3.05, 3.63) is 69.2 Å². The Morgan fingerprint density at radius 3 is 2.53 bits per heavy atom. The van der Waals surface area contributed by atoms with Crippen molar-refractivity contribution in [3.8, 4) is 0 Å². The maximum absolute atomic E-state index is 12.1. The number of rotatable bonds is 3. The topological polar surface area (TPSA) is 29.1 Å². The monoisotopic (exact) mass is 337 g/mol. The van der Waals surface area contributed by atoms with Crippen LogP contribution >= 0.6 is 27.5 Å². The van der Waals surface area contributed by atoms with Crippen LogP contribution in [0.3, 0.4) is 0 Å². The van der Waals surface area contributed by atoms with Gasteiger partial charge in [0.15, 0.2) is 0 Å². The first-order chi connectivity index (χ1) is 9.06. The number of carbonyl (C=O) groups excluding carboxylic acids is 1. The second-order valence-electron chi connectivity index (χ2n) is 4.26. The van der Waals surface area contributed by atoms with Gasteiger partial charge >= 0.3 is 0 Å². The third-order valence-corrected chi connectivity index (χ3v) is 3.55. The van der Waals surface area contributed by atoms with E-state index in [1.54, 1.807) is 24.3 Å². The number of benzene rings is 2. The second-order valence-corrected chi connectivity index (χ2v) is 5.61. The van der Waals surface area contributed by atoms with Crippen LogP contribution in [0, 0.1) is 0 Å². The summed E-state index contributed by atoms with van der Waals surface area (Å²) in [5, 5.41) is 3.58. The van der Waals surface area contributed by atoms with Gasteiger partial charge in [0.1, 0.15) is 0 Å². The fraction of sp³-hybridized carbons (Fsp3) is 0.133. The number of amides is 1. The molecule has 0 aliphatic carbocycles. The molecule has 0 saturated heterocycles. The molecule has 0 saturated carbocycles. The molecule has 0 aromatic heterocycles. The van der Waals surface area contributed by atoms with Crippen LogP contribution in [0.15, 0.2) is 53.0 Å². The lowest BCUT2D eigenvalue weighted by Gasteiger charge is -2.14. The highest BCUT2D eigenvalue weighted by Gasteiger charge is 2.11. The molecule has 0 bridgehead atoms. The third-order valence-electron chi connectivity index (χ3n) is 2.80. The molecule has 2 aromatic carbocycles. The molecule has 1 atom stereocenters. The highest BCUT2D eigenvalue weighted by Crippen LogP contribution is 2.18. The van der Waals surface area contributed by atoms with Gasteiger partial charge < -0.3 is 5.32 Å². The predicted octanol–water partition coefficient (Wildman–Crippen LogP) is 4.59. The normalized spacial score (nSPS) is 11.9. The lowest BCUT2D eigenvalue weighted by molar-refractivity contribution is 0.0940. The SMILES string of the molecule is CC(NC(=O)c1ccc(Cl)cc1)c1cccc(Br)c1. The minimum Gasteiger partial charge on any atom is -0.346 e. The summed E-state index contributed by atoms with van der Waals surface area (Å²) in [5.41, 5.74) is 1.66. The van der Waals surface area contributed by atoms with Crippen molar-refractivity contribution in [2.45, 2.75) is 13.0 Å². The van der Waals surface area contributed by atoms with Crippen LogP contribution < -0.4 is 5.32 Å². The number of carbonyl (C=O) groups is 1. The van der Waals surface area contributed by atoms with Gasteiger partial charge in [0.2, 0.25) is 0 Å². The zero-order valence-electron chi connectivity index (χ0n) is 10.4. The van der Waals surface area contributed by atoms with Crippen LogP contribution in [0.25, 0.3) is 0 Å². The first-order valence-corrected chi connectivity index (χ1v) is 7.05. The molecule has 0 aliphatic rings. The Balaban J connectivity index is 2.08. The molecule has 1 N–H and O–H groups in total. The molecule has 1 unspecified atom stereocenters. The predicted molar refractivity (Wildman–Crippen MR) is 81.5 cm³/mol. The van der Waals surface area contributed by atoms with E-state index in [0.717, 1.165) is 10.0 Å². The van der Waals surface area contributed by atoms with E-state index in [2.05, 4.69) is 21.2 Å². The van der Waals surface area contributed by atoms with Crippen LogP contribution in [0.5, 0.6) is 0 Å². The van der Waals surface area contributed by atoms with Crippen LogP contribution in [0.1, 0.15) is 28.9 Å². The van der Waals surface area contributed by atoms with Crippen molar-refractivity contribution in [1.29, 1.82) is 0 Å². The molecule has 0 fully saturated rings. The first-order valence-electron chi connectivity index (χ1n) is 5.88. The van der Waals surface area contributed by atoms with Crippen LogP contribution in [-0.4, -0.2) is 5.91 Å². The smallest absolute Gasteiger partial charge is 0.251 e. The van der Waals surface area contributed by atoms with E-state index in [1.165, 1.54) is 0 Å². The van der Waals surface area contributed by atoms with Gasteiger partial charge in [-0.1, -0.05) is 39.7 Å². The van der Waals surface area contributed by atoms with Gasteiger partial charge in [-0.05, 0) is 48.9 Å². The van der Waals surface area contributed by atoms with Crippen molar-refractivity contribution < 1.29 is 4.79 Å². The van der Waals surface area contributed by atoms with E-state index in [1.807, 2.05) is 31.2 Å². The molecule has 2 nitrogen and oxygen atoms in total. The minimum absolute atomic E-state index is 0.0549. The maximum Gasteiger partial charge on any atom is 0.251 e. The van der Waals surface area contributed by atoms with E-state index in [4.69, 9.17) is 11.6 Å². The summed E-state index contributed by atoms with van der Waals surface area (Å²) in [6.45, 7) is 1.95. The van der Waals surface area contributed by atoms with Gasteiger partial charge in [0.25, 0.3) is 5.91 Å². The summed E-state index contributed by atoms with van der Waals surface area (Å²) in [6.07, 6.45) is 0. The van der Waals surface area contributed by atoms with Crippen LogP contribution in [0.2, 0.25) is 5.02 Å². The summed E-state index contributed by atoms with van der Waals surface area (Å²) in [4.78, 5) is 12.1. The quantitative estimate of drug-likeness (QED) is 0.871. The molecule has 1 amide bonds. The van der Waals surface area contributed by atoms with Gasteiger partial charge in [0, 0.05) is 15.1 Å². The Hall–Kier alpha value is -1.32. The summed E-state index contributed by atoms with van der Waals surface area (Å²) in [6, 6.07) is 14.7. The van der Waals surface area contributed by atoms with Gasteiger partial charge in [-0.3, -0.25) is 4.79 Å². The van der Waals surface area contributed by atoms with E-state index in [9.17, 15) is 4.79 Å². The van der Waals surface area contributed by atoms with Crippen LogP contribution in [-0.2, 0) is 0 Å². The fourth-order valence-corrected chi connectivity index (χ4v) is 2.28. The van der Waals surface area contributed by atoms with Gasteiger partial charge in [-0.15, -0.1) is 0 Å². The molecular formula is C15H13BrClNO. The molecular weight excluding hydrogens is 326 g/mol. The number of hydrogen-bond donors (Lipinski definition) is 1. The van der Waals surface area contributed by atoms with Crippen molar-refractivity contribution in [3.63, 3.8) is 0 Å². The Labute approximate surface area is 125 Å². The molecule has 0 spiro atoms. The standard InChI is InChI=1S/C15H13BrClNO/c1-10(12-3-2-4-13(16)9-12)18-15(19)11-5-7-14(17)8-6-11/h2-10H,1H3,(H,18,19). The molecule has 19 heavy (non-hydrogen) atoms. The third kappa shape index (κ3) is 3.82. The van der Waals surface area contributed by atoms with Crippen molar-refractivity contribution in [1.82, 2.24) is 5.32 Å². The molecule has 0 aliphatic heterocycles.